The second-order valence-corrected chi connectivity index (χ2v) is 13.4. The molecule has 0 radical (unpaired) electrons. The van der Waals surface area contributed by atoms with E-state index in [9.17, 15) is 18.8 Å². The van der Waals surface area contributed by atoms with Crippen molar-refractivity contribution in [2.24, 2.45) is 0 Å². The molecule has 0 bridgehead atoms. The second kappa shape index (κ2) is 24.0. The highest BCUT2D eigenvalue weighted by Crippen LogP contribution is 2.15. The van der Waals surface area contributed by atoms with E-state index in [1.165, 1.54) is 18.7 Å². The van der Waals surface area contributed by atoms with Crippen LogP contribution < -0.4 is 9.80 Å². The van der Waals surface area contributed by atoms with Gasteiger partial charge in [-0.1, -0.05) is 20.8 Å². The number of hydrogen-bond acceptors (Lipinski definition) is 8. The Kier molecular flexibility index (Phi) is 22.4. The van der Waals surface area contributed by atoms with E-state index in [0.29, 0.717) is 19.0 Å². The van der Waals surface area contributed by atoms with E-state index in [2.05, 4.69) is 66.1 Å². The number of likely N-dealkylation sites (N-methyl/N-ethyl adjacent to an activating group) is 2. The molecule has 3 aliphatic heterocycles. The maximum absolute atomic E-state index is 12.0. The van der Waals surface area contributed by atoms with Gasteiger partial charge in [-0.3, -0.25) is 14.4 Å². The van der Waals surface area contributed by atoms with Crippen molar-refractivity contribution >= 4 is 86.9 Å². The van der Waals surface area contributed by atoms with E-state index in [0.717, 1.165) is 69.9 Å². The van der Waals surface area contributed by atoms with Crippen molar-refractivity contribution in [2.45, 2.75) is 34.1 Å². The van der Waals surface area contributed by atoms with E-state index in [4.69, 9.17) is 6.42 Å². The Labute approximate surface area is 330 Å². The second-order valence-electron chi connectivity index (χ2n) is 10.9. The van der Waals surface area contributed by atoms with Gasteiger partial charge >= 0.3 is 0 Å². The number of rotatable bonds is 2. The first kappa shape index (κ1) is 46.7. The van der Waals surface area contributed by atoms with Crippen molar-refractivity contribution in [2.75, 3.05) is 76.8 Å². The lowest BCUT2D eigenvalue weighted by molar-refractivity contribution is -0.132. The van der Waals surface area contributed by atoms with Crippen LogP contribution >= 0.6 is 57.6 Å². The number of piperazine rings is 2. The summed E-state index contributed by atoms with van der Waals surface area (Å²) in [6.07, 6.45) is 13.2. The highest BCUT2D eigenvalue weighted by Gasteiger charge is 2.22. The predicted octanol–water partition coefficient (Wildman–Crippen LogP) is 5.45. The Hall–Kier alpha value is -3.30. The molecule has 11 nitrogen and oxygen atoms in total. The van der Waals surface area contributed by atoms with E-state index in [1.807, 2.05) is 61.4 Å². The molecule has 3 saturated heterocycles. The highest BCUT2D eigenvalue weighted by molar-refractivity contribution is 14.1. The first-order chi connectivity index (χ1) is 22.5. The molecule has 50 heavy (non-hydrogen) atoms. The van der Waals surface area contributed by atoms with E-state index in [1.54, 1.807) is 27.0 Å². The van der Waals surface area contributed by atoms with Gasteiger partial charge < -0.3 is 24.5 Å². The molecule has 15 heteroatoms. The summed E-state index contributed by atoms with van der Waals surface area (Å²) >= 11 is 4.29. The number of aromatic nitrogens is 3. The van der Waals surface area contributed by atoms with Gasteiger partial charge in [0.2, 0.25) is 23.7 Å². The molecule has 6 heterocycles. The Morgan fingerprint density at radius 3 is 1.48 bits per heavy atom. The van der Waals surface area contributed by atoms with Crippen LogP contribution in [0.1, 0.15) is 39.7 Å². The van der Waals surface area contributed by atoms with Crippen LogP contribution in [0.15, 0.2) is 55.0 Å². The molecule has 0 N–H and O–H groups in total. The number of amides is 3. The van der Waals surface area contributed by atoms with Gasteiger partial charge in [0.15, 0.2) is 0 Å². The standard InChI is InChI=1S/C12H13N3O.C10H12IN3O.C6H11NO.C5H3FIN.2CH4.ClH/c1-3-10-4-5-11(13-8-10)15-7-6-14(2)12(16)9-15;1-13-4-5-14(7-10(13)15)9-3-2-8(11)6-12-9;1-7-5-3-2-4-6(7)8;6-5-2-1-4(7)3-8-5;;;/h1,4-5,8H,6-7,9H2,2H3;2-3,6H,4-5,7H2,1H3;2-5H2,1H3;1-3H;2*1H4;1H. The zero-order valence-electron chi connectivity index (χ0n) is 27.2. The number of nitrogens with zero attached hydrogens (tertiary/aromatic N) is 8. The average Bonchev–Trinajstić information content (AvgIpc) is 3.08. The molecular formula is C35H48ClFI2N8O3. The number of pyridine rings is 3. The number of hydrogen-bond donors (Lipinski definition) is 0. The minimum atomic E-state index is -0.426. The van der Waals surface area contributed by atoms with E-state index in [-0.39, 0.29) is 39.1 Å². The van der Waals surface area contributed by atoms with Crippen LogP contribution in [-0.2, 0) is 14.4 Å². The summed E-state index contributed by atoms with van der Waals surface area (Å²) < 4.78 is 14.0. The first-order valence-electron chi connectivity index (χ1n) is 15.0. The van der Waals surface area contributed by atoms with E-state index >= 15 is 0 Å². The third-order valence-electron chi connectivity index (χ3n) is 7.44. The van der Waals surface area contributed by atoms with Crippen LogP contribution in [0.2, 0.25) is 0 Å². The summed E-state index contributed by atoms with van der Waals surface area (Å²) in [7, 11) is 5.51. The fourth-order valence-corrected chi connectivity index (χ4v) is 5.06. The summed E-state index contributed by atoms with van der Waals surface area (Å²) in [5.74, 6) is 4.36. The van der Waals surface area contributed by atoms with Crippen molar-refractivity contribution in [3.63, 3.8) is 0 Å². The Morgan fingerprint density at radius 1 is 0.660 bits per heavy atom. The number of carbonyl (C=O) groups is 3. The first-order valence-corrected chi connectivity index (χ1v) is 17.2. The molecule has 274 valence electrons. The number of likely N-dealkylation sites (tertiary alicyclic amines) is 1. The molecule has 3 fully saturated rings. The maximum atomic E-state index is 12.0. The molecule has 0 saturated carbocycles. The third kappa shape index (κ3) is 15.7. The van der Waals surface area contributed by atoms with Crippen LogP contribution in [0.3, 0.4) is 0 Å². The molecule has 0 spiro atoms. The summed E-state index contributed by atoms with van der Waals surface area (Å²) in [6.45, 7) is 4.95. The molecule has 6 rings (SSSR count). The maximum Gasteiger partial charge on any atom is 0.241 e. The molecule has 0 unspecified atom stereocenters. The summed E-state index contributed by atoms with van der Waals surface area (Å²) in [6, 6.07) is 10.7. The molecule has 3 aliphatic rings. The average molecular weight is 937 g/mol. The van der Waals surface area contributed by atoms with Crippen LogP contribution in [0, 0.1) is 25.4 Å². The van der Waals surface area contributed by atoms with Gasteiger partial charge in [0, 0.05) is 91.6 Å². The number of halogens is 4. The van der Waals surface area contributed by atoms with Crippen molar-refractivity contribution < 1.29 is 18.8 Å². The van der Waals surface area contributed by atoms with Crippen LogP contribution in [0.4, 0.5) is 16.0 Å². The molecule has 0 atom stereocenters. The fourth-order valence-electron chi connectivity index (χ4n) is 4.42. The topological polar surface area (TPSA) is 106 Å². The summed E-state index contributed by atoms with van der Waals surface area (Å²) in [5, 5.41) is 0. The zero-order valence-corrected chi connectivity index (χ0v) is 32.3. The van der Waals surface area contributed by atoms with Gasteiger partial charge in [0.05, 0.1) is 13.1 Å². The summed E-state index contributed by atoms with van der Waals surface area (Å²) in [4.78, 5) is 55.0. The van der Waals surface area contributed by atoms with Crippen LogP contribution in [-0.4, -0.2) is 114 Å². The lowest BCUT2D eigenvalue weighted by Gasteiger charge is -2.32. The Morgan fingerprint density at radius 2 is 1.14 bits per heavy atom. The van der Waals surface area contributed by atoms with Crippen molar-refractivity contribution in [3.05, 3.63) is 73.6 Å². The Bertz CT molecular complexity index is 1490. The number of piperidine rings is 1. The number of carbonyl (C=O) groups excluding carboxylic acids is 3. The molecule has 0 aromatic carbocycles. The fraction of sp³-hybridized carbons (Fsp3) is 0.429. The van der Waals surface area contributed by atoms with Crippen molar-refractivity contribution in [1.29, 1.82) is 0 Å². The van der Waals surface area contributed by atoms with Gasteiger partial charge in [-0.05, 0) is 94.4 Å². The van der Waals surface area contributed by atoms with Gasteiger partial charge in [-0.25, -0.2) is 15.0 Å². The largest absolute Gasteiger partial charge is 0.346 e. The summed E-state index contributed by atoms with van der Waals surface area (Å²) in [5.41, 5.74) is 0.754. The molecular weight excluding hydrogens is 889 g/mol. The van der Waals surface area contributed by atoms with Gasteiger partial charge in [-0.15, -0.1) is 18.8 Å². The quantitative estimate of drug-likeness (QED) is 0.190. The highest BCUT2D eigenvalue weighted by atomic mass is 127. The van der Waals surface area contributed by atoms with Crippen molar-refractivity contribution in [1.82, 2.24) is 29.7 Å². The van der Waals surface area contributed by atoms with E-state index < -0.39 is 5.95 Å². The Balaban J connectivity index is 0.000000656. The molecule has 3 aromatic rings. The normalized spacial score (nSPS) is 15.2. The predicted molar refractivity (Wildman–Crippen MR) is 218 cm³/mol. The lowest BCUT2D eigenvalue weighted by Crippen LogP contribution is -2.48. The van der Waals surface area contributed by atoms with Crippen LogP contribution in [0.25, 0.3) is 0 Å². The van der Waals surface area contributed by atoms with Crippen LogP contribution in [0.5, 0.6) is 0 Å². The molecule has 3 aromatic heterocycles. The van der Waals surface area contributed by atoms with Gasteiger partial charge in [-0.2, -0.15) is 4.39 Å². The third-order valence-corrected chi connectivity index (χ3v) is 8.72. The van der Waals surface area contributed by atoms with Gasteiger partial charge in [0.25, 0.3) is 0 Å². The molecule has 0 aliphatic carbocycles. The SMILES string of the molecule is C.C.C#Cc1ccc(N2CCN(C)C(=O)C2)nc1.CN1CCCCC1=O.CN1CCN(c2ccc(I)cn2)CC1=O.Cl.Fc1ccc(I)cn1. The number of terminal acetylenes is 1. The lowest BCUT2D eigenvalue weighted by atomic mass is 10.1. The minimum Gasteiger partial charge on any atom is -0.346 e. The van der Waals surface area contributed by atoms with Crippen molar-refractivity contribution in [3.8, 4) is 12.3 Å². The smallest absolute Gasteiger partial charge is 0.241 e. The zero-order chi connectivity index (χ0) is 34.3. The molecule has 3 amide bonds. The minimum absolute atomic E-state index is 0. The number of anilines is 2. The van der Waals surface area contributed by atoms with Gasteiger partial charge in [0.1, 0.15) is 11.6 Å². The monoisotopic (exact) mass is 936 g/mol.